The van der Waals surface area contributed by atoms with Gasteiger partial charge in [-0.15, -0.1) is 0 Å². The number of nitrogens with two attached hydrogens (primary N) is 1. The van der Waals surface area contributed by atoms with Gasteiger partial charge in [0.25, 0.3) is 5.91 Å². The maximum Gasteiger partial charge on any atom is 0.269 e. The molecule has 1 amide bonds. The highest BCUT2D eigenvalue weighted by Gasteiger charge is 2.21. The van der Waals surface area contributed by atoms with Crippen LogP contribution in [-0.4, -0.2) is 36.6 Å². The standard InChI is InChI=1S/C16H26N4O/c1-2-18-16(21)15-12-14(8-10-19-15)20(11-9-17)13-6-4-3-5-7-13/h8,10,12-13H,2-7,9,11,17H2,1H3,(H,18,21). The number of carbonyl (C=O) groups excluding carboxylic acids is 1. The van der Waals surface area contributed by atoms with Crippen LogP contribution in [-0.2, 0) is 0 Å². The highest BCUT2D eigenvalue weighted by atomic mass is 16.1. The molecule has 0 unspecified atom stereocenters. The number of rotatable bonds is 6. The van der Waals surface area contributed by atoms with Crippen molar-refractivity contribution in [2.45, 2.75) is 45.1 Å². The van der Waals surface area contributed by atoms with Crippen molar-refractivity contribution in [1.29, 1.82) is 0 Å². The van der Waals surface area contributed by atoms with Gasteiger partial charge in [-0.1, -0.05) is 19.3 Å². The molecule has 21 heavy (non-hydrogen) atoms. The van der Waals surface area contributed by atoms with Gasteiger partial charge >= 0.3 is 0 Å². The highest BCUT2D eigenvalue weighted by molar-refractivity contribution is 5.93. The summed E-state index contributed by atoms with van der Waals surface area (Å²) >= 11 is 0. The lowest BCUT2D eigenvalue weighted by Gasteiger charge is -2.36. The zero-order valence-corrected chi connectivity index (χ0v) is 12.8. The Balaban J connectivity index is 2.19. The van der Waals surface area contributed by atoms with Gasteiger partial charge in [-0.2, -0.15) is 0 Å². The fraction of sp³-hybridized carbons (Fsp3) is 0.625. The van der Waals surface area contributed by atoms with E-state index in [-0.39, 0.29) is 5.91 Å². The largest absolute Gasteiger partial charge is 0.367 e. The minimum atomic E-state index is -0.115. The third-order valence-corrected chi connectivity index (χ3v) is 4.03. The van der Waals surface area contributed by atoms with Crippen molar-refractivity contribution >= 4 is 11.6 Å². The Hall–Kier alpha value is -1.62. The molecule has 1 heterocycles. The van der Waals surface area contributed by atoms with E-state index in [1.165, 1.54) is 32.1 Å². The first-order valence-electron chi connectivity index (χ1n) is 7.97. The quantitative estimate of drug-likeness (QED) is 0.840. The molecule has 1 saturated carbocycles. The number of hydrogen-bond donors (Lipinski definition) is 2. The number of pyridine rings is 1. The normalized spacial score (nSPS) is 15.7. The summed E-state index contributed by atoms with van der Waals surface area (Å²) in [6, 6.07) is 4.40. The summed E-state index contributed by atoms with van der Waals surface area (Å²) in [6.07, 6.45) is 8.01. The molecule has 5 nitrogen and oxygen atoms in total. The number of amides is 1. The van der Waals surface area contributed by atoms with Gasteiger partial charge in [-0.25, -0.2) is 0 Å². The van der Waals surface area contributed by atoms with E-state index < -0.39 is 0 Å². The van der Waals surface area contributed by atoms with Crippen LogP contribution in [0.1, 0.15) is 49.5 Å². The predicted octanol–water partition coefficient (Wildman–Crippen LogP) is 1.93. The maximum atomic E-state index is 11.9. The van der Waals surface area contributed by atoms with E-state index in [4.69, 9.17) is 5.73 Å². The summed E-state index contributed by atoms with van der Waals surface area (Å²) in [5.41, 5.74) is 7.32. The second kappa shape index (κ2) is 7.98. The molecule has 1 aromatic heterocycles. The average Bonchev–Trinajstić information content (AvgIpc) is 2.54. The number of hydrogen-bond acceptors (Lipinski definition) is 4. The molecule has 116 valence electrons. The number of nitrogens with one attached hydrogen (secondary N) is 1. The van der Waals surface area contributed by atoms with E-state index in [2.05, 4.69) is 15.2 Å². The summed E-state index contributed by atoms with van der Waals surface area (Å²) in [4.78, 5) is 18.5. The van der Waals surface area contributed by atoms with Crippen molar-refractivity contribution in [3.8, 4) is 0 Å². The van der Waals surface area contributed by atoms with E-state index >= 15 is 0 Å². The van der Waals surface area contributed by atoms with Gasteiger partial charge in [0.05, 0.1) is 0 Å². The molecule has 0 atom stereocenters. The molecule has 0 radical (unpaired) electrons. The molecule has 1 aliphatic rings. The summed E-state index contributed by atoms with van der Waals surface area (Å²) in [6.45, 7) is 3.96. The summed E-state index contributed by atoms with van der Waals surface area (Å²) in [5, 5.41) is 2.79. The van der Waals surface area contributed by atoms with Crippen LogP contribution in [0.2, 0.25) is 0 Å². The average molecular weight is 290 g/mol. The molecular weight excluding hydrogens is 264 g/mol. The van der Waals surface area contributed by atoms with Gasteiger partial charge in [0.2, 0.25) is 0 Å². The molecule has 1 aromatic rings. The Labute approximate surface area is 126 Å². The Morgan fingerprint density at radius 2 is 2.19 bits per heavy atom. The minimum absolute atomic E-state index is 0.115. The van der Waals surface area contributed by atoms with Gasteiger partial charge in [-0.3, -0.25) is 9.78 Å². The summed E-state index contributed by atoms with van der Waals surface area (Å²) in [5.74, 6) is -0.115. The van der Waals surface area contributed by atoms with Gasteiger partial charge < -0.3 is 16.0 Å². The van der Waals surface area contributed by atoms with Gasteiger partial charge in [0.15, 0.2) is 0 Å². The molecule has 3 N–H and O–H groups in total. The van der Waals surface area contributed by atoms with Crippen molar-refractivity contribution in [3.63, 3.8) is 0 Å². The van der Waals surface area contributed by atoms with Crippen molar-refractivity contribution in [2.24, 2.45) is 5.73 Å². The number of carbonyl (C=O) groups is 1. The van der Waals surface area contributed by atoms with Crippen LogP contribution in [0.4, 0.5) is 5.69 Å². The van der Waals surface area contributed by atoms with Gasteiger partial charge in [0, 0.05) is 37.6 Å². The van der Waals surface area contributed by atoms with E-state index in [1.54, 1.807) is 6.20 Å². The second-order valence-electron chi connectivity index (χ2n) is 5.53. The van der Waals surface area contributed by atoms with Crippen molar-refractivity contribution in [3.05, 3.63) is 24.0 Å². The number of nitrogens with zero attached hydrogens (tertiary/aromatic N) is 2. The fourth-order valence-corrected chi connectivity index (χ4v) is 3.03. The zero-order valence-electron chi connectivity index (χ0n) is 12.8. The molecule has 0 aliphatic heterocycles. The number of aromatic nitrogens is 1. The Bertz CT molecular complexity index is 457. The van der Waals surface area contributed by atoms with Crippen molar-refractivity contribution < 1.29 is 4.79 Å². The van der Waals surface area contributed by atoms with Crippen LogP contribution in [0.25, 0.3) is 0 Å². The lowest BCUT2D eigenvalue weighted by molar-refractivity contribution is 0.0951. The lowest BCUT2D eigenvalue weighted by Crippen LogP contribution is -2.40. The van der Waals surface area contributed by atoms with E-state index in [0.717, 1.165) is 12.2 Å². The fourth-order valence-electron chi connectivity index (χ4n) is 3.03. The molecule has 0 spiro atoms. The Morgan fingerprint density at radius 3 is 2.86 bits per heavy atom. The van der Waals surface area contributed by atoms with Crippen molar-refractivity contribution in [2.75, 3.05) is 24.5 Å². The Morgan fingerprint density at radius 1 is 1.43 bits per heavy atom. The lowest BCUT2D eigenvalue weighted by atomic mass is 9.93. The minimum Gasteiger partial charge on any atom is -0.367 e. The number of anilines is 1. The van der Waals surface area contributed by atoms with Gasteiger partial charge in [-0.05, 0) is 31.9 Å². The van der Waals surface area contributed by atoms with Crippen molar-refractivity contribution in [1.82, 2.24) is 10.3 Å². The van der Waals surface area contributed by atoms with Crippen LogP contribution in [0.15, 0.2) is 18.3 Å². The van der Waals surface area contributed by atoms with E-state index in [9.17, 15) is 4.79 Å². The first-order valence-corrected chi connectivity index (χ1v) is 7.97. The molecule has 0 bridgehead atoms. The molecule has 0 saturated heterocycles. The summed E-state index contributed by atoms with van der Waals surface area (Å²) in [7, 11) is 0. The second-order valence-corrected chi connectivity index (χ2v) is 5.53. The smallest absolute Gasteiger partial charge is 0.269 e. The summed E-state index contributed by atoms with van der Waals surface area (Å²) < 4.78 is 0. The van der Waals surface area contributed by atoms with Crippen LogP contribution < -0.4 is 16.0 Å². The molecule has 2 rings (SSSR count). The monoisotopic (exact) mass is 290 g/mol. The predicted molar refractivity (Wildman–Crippen MR) is 85.5 cm³/mol. The molecule has 0 aromatic carbocycles. The van der Waals surface area contributed by atoms with Crippen LogP contribution in [0.3, 0.4) is 0 Å². The first kappa shape index (κ1) is 15.8. The van der Waals surface area contributed by atoms with Crippen LogP contribution in [0, 0.1) is 0 Å². The maximum absolute atomic E-state index is 11.9. The van der Waals surface area contributed by atoms with E-state index in [0.29, 0.717) is 24.8 Å². The topological polar surface area (TPSA) is 71.2 Å². The van der Waals surface area contributed by atoms with Crippen LogP contribution >= 0.6 is 0 Å². The zero-order chi connectivity index (χ0) is 15.1. The molecule has 1 fully saturated rings. The van der Waals surface area contributed by atoms with Gasteiger partial charge in [0.1, 0.15) is 5.69 Å². The Kier molecular flexibility index (Phi) is 5.99. The highest BCUT2D eigenvalue weighted by Crippen LogP contribution is 2.27. The van der Waals surface area contributed by atoms with Crippen LogP contribution in [0.5, 0.6) is 0 Å². The molecule has 1 aliphatic carbocycles. The SMILES string of the molecule is CCNC(=O)c1cc(N(CCN)C2CCCCC2)ccn1. The van der Waals surface area contributed by atoms with E-state index in [1.807, 2.05) is 19.1 Å². The molecular formula is C16H26N4O. The molecule has 5 heteroatoms. The first-order chi connectivity index (χ1) is 10.3. The third-order valence-electron chi connectivity index (χ3n) is 4.03. The third kappa shape index (κ3) is 4.17.